The number of nitrogens with zero attached hydrogens (tertiary/aromatic N) is 1. The van der Waals surface area contributed by atoms with Crippen LogP contribution < -0.4 is 4.90 Å². The molecule has 0 atom stereocenters. The number of hydrogen-bond donors (Lipinski definition) is 0. The van der Waals surface area contributed by atoms with Gasteiger partial charge in [0.15, 0.2) is 0 Å². The predicted octanol–water partition coefficient (Wildman–Crippen LogP) is 17.2. The third-order valence-electron chi connectivity index (χ3n) is 11.9. The molecule has 0 aliphatic rings. The van der Waals surface area contributed by atoms with Gasteiger partial charge in [-0.05, 0) is 104 Å². The van der Waals surface area contributed by atoms with E-state index in [0.717, 1.165) is 11.4 Å². The molecule has 0 aliphatic carbocycles. The number of anilines is 3. The van der Waals surface area contributed by atoms with Gasteiger partial charge in [-0.25, -0.2) is 0 Å². The van der Waals surface area contributed by atoms with Crippen LogP contribution in [0.1, 0.15) is 0 Å². The van der Waals surface area contributed by atoms with Crippen LogP contribution in [0, 0.1) is 0 Å². The van der Waals surface area contributed by atoms with Crippen LogP contribution in [0.5, 0.6) is 0 Å². The van der Waals surface area contributed by atoms with Gasteiger partial charge in [-0.1, -0.05) is 158 Å². The molecule has 1 nitrogen and oxygen atoms in total. The summed E-state index contributed by atoms with van der Waals surface area (Å²) in [4.78, 5) is 2.44. The molecule has 0 saturated heterocycles. The average Bonchev–Trinajstić information content (AvgIpc) is 3.89. The minimum atomic E-state index is 1.12. The van der Waals surface area contributed by atoms with Gasteiger partial charge in [0.2, 0.25) is 0 Å². The average molecular weight is 786 g/mol. The molecule has 2 aromatic heterocycles. The predicted molar refractivity (Wildman–Crippen MR) is 258 cm³/mol. The maximum absolute atomic E-state index is 2.44. The van der Waals surface area contributed by atoms with E-state index in [1.165, 1.54) is 101 Å². The van der Waals surface area contributed by atoms with Crippen molar-refractivity contribution in [2.24, 2.45) is 0 Å². The Morgan fingerprint density at radius 3 is 1.64 bits per heavy atom. The van der Waals surface area contributed by atoms with Crippen LogP contribution in [-0.2, 0) is 0 Å². The molecule has 2 heterocycles. The van der Waals surface area contributed by atoms with Crippen molar-refractivity contribution < 1.29 is 0 Å². The van der Waals surface area contributed by atoms with Crippen molar-refractivity contribution >= 4 is 102 Å². The lowest BCUT2D eigenvalue weighted by Gasteiger charge is -2.27. The van der Waals surface area contributed by atoms with Gasteiger partial charge in [0, 0.05) is 57.3 Å². The molecule has 12 aromatic rings. The molecule has 0 spiro atoms. The standard InChI is InChI=1S/C56H35NS2/c1-2-16-38(17-3-1)57(39-31-29-36(30-32-39)49-35-37-15-4-5-18-40(37)41-19-6-9-22-44(41)49)50-34-33-46(56-55(50)48-24-11-13-27-52(48)59-56)43-21-8-7-20-42(43)45-25-14-28-53-54(45)47-23-10-12-26-51(47)58-53/h1-35H. The van der Waals surface area contributed by atoms with Crippen molar-refractivity contribution in [1.82, 2.24) is 0 Å². The van der Waals surface area contributed by atoms with E-state index in [1.54, 1.807) is 0 Å². The molecule has 3 heteroatoms. The summed E-state index contributed by atoms with van der Waals surface area (Å²) in [6.07, 6.45) is 0. The van der Waals surface area contributed by atoms with Crippen LogP contribution in [0.15, 0.2) is 212 Å². The maximum Gasteiger partial charge on any atom is 0.0555 e. The fourth-order valence-electron chi connectivity index (χ4n) is 9.25. The highest BCUT2D eigenvalue weighted by molar-refractivity contribution is 7.26. The third-order valence-corrected chi connectivity index (χ3v) is 14.2. The van der Waals surface area contributed by atoms with E-state index < -0.39 is 0 Å². The first-order valence-corrected chi connectivity index (χ1v) is 21.7. The van der Waals surface area contributed by atoms with Gasteiger partial charge in [-0.15, -0.1) is 22.7 Å². The Balaban J connectivity index is 1.06. The van der Waals surface area contributed by atoms with Crippen molar-refractivity contribution in [1.29, 1.82) is 0 Å². The van der Waals surface area contributed by atoms with Crippen molar-refractivity contribution in [2.45, 2.75) is 0 Å². The summed E-state index contributed by atoms with van der Waals surface area (Å²) in [5.41, 5.74) is 10.9. The van der Waals surface area contributed by atoms with Crippen LogP contribution >= 0.6 is 22.7 Å². The normalized spacial score (nSPS) is 11.7. The van der Waals surface area contributed by atoms with Gasteiger partial charge in [0.25, 0.3) is 0 Å². The van der Waals surface area contributed by atoms with Gasteiger partial charge in [0.05, 0.1) is 5.69 Å². The SMILES string of the molecule is c1ccc(N(c2ccc(-c3cc4ccccc4c4ccccc34)cc2)c2ccc(-c3ccccc3-c3cccc4sc5ccccc5c34)c3sc4ccccc4c23)cc1. The van der Waals surface area contributed by atoms with Crippen LogP contribution in [0.25, 0.3) is 95.3 Å². The van der Waals surface area contributed by atoms with E-state index in [-0.39, 0.29) is 0 Å². The number of rotatable bonds is 6. The summed E-state index contributed by atoms with van der Waals surface area (Å²) >= 11 is 3.77. The Kier molecular flexibility index (Phi) is 7.97. The van der Waals surface area contributed by atoms with Crippen LogP contribution in [-0.4, -0.2) is 0 Å². The van der Waals surface area contributed by atoms with Crippen molar-refractivity contribution in [2.75, 3.05) is 4.90 Å². The lowest BCUT2D eigenvalue weighted by molar-refractivity contribution is 1.30. The Morgan fingerprint density at radius 1 is 0.305 bits per heavy atom. The van der Waals surface area contributed by atoms with E-state index in [2.05, 4.69) is 217 Å². The van der Waals surface area contributed by atoms with Gasteiger partial charge in [-0.3, -0.25) is 0 Å². The second kappa shape index (κ2) is 13.8. The monoisotopic (exact) mass is 785 g/mol. The molecule has 0 aliphatic heterocycles. The number of fused-ring (bicyclic) bond motifs is 9. The maximum atomic E-state index is 2.44. The number of para-hydroxylation sites is 1. The smallest absolute Gasteiger partial charge is 0.0555 e. The minimum Gasteiger partial charge on any atom is -0.310 e. The van der Waals surface area contributed by atoms with E-state index >= 15 is 0 Å². The molecule has 12 rings (SSSR count). The van der Waals surface area contributed by atoms with Crippen molar-refractivity contribution in [3.63, 3.8) is 0 Å². The molecule has 0 fully saturated rings. The van der Waals surface area contributed by atoms with E-state index in [9.17, 15) is 0 Å². The van der Waals surface area contributed by atoms with E-state index in [4.69, 9.17) is 0 Å². The second-order valence-corrected chi connectivity index (χ2v) is 17.3. The molecular weight excluding hydrogens is 751 g/mol. The Hall–Kier alpha value is -7.04. The topological polar surface area (TPSA) is 3.24 Å². The number of hydrogen-bond acceptors (Lipinski definition) is 3. The summed E-state index contributed by atoms with van der Waals surface area (Å²) in [7, 11) is 0. The van der Waals surface area contributed by atoms with Crippen LogP contribution in [0.4, 0.5) is 17.1 Å². The molecule has 0 N–H and O–H groups in total. The number of benzene rings is 10. The quantitative estimate of drug-likeness (QED) is 0.152. The summed E-state index contributed by atoms with van der Waals surface area (Å²) in [5, 5.41) is 10.3. The lowest BCUT2D eigenvalue weighted by Crippen LogP contribution is -2.10. The first-order valence-electron chi connectivity index (χ1n) is 20.1. The highest BCUT2D eigenvalue weighted by atomic mass is 32.1. The highest BCUT2D eigenvalue weighted by Crippen LogP contribution is 2.51. The van der Waals surface area contributed by atoms with E-state index in [1.807, 2.05) is 22.7 Å². The largest absolute Gasteiger partial charge is 0.310 e. The highest BCUT2D eigenvalue weighted by Gasteiger charge is 2.23. The summed E-state index contributed by atoms with van der Waals surface area (Å²) < 4.78 is 5.22. The summed E-state index contributed by atoms with van der Waals surface area (Å²) in [6.45, 7) is 0. The minimum absolute atomic E-state index is 1.12. The van der Waals surface area contributed by atoms with Crippen LogP contribution in [0.2, 0.25) is 0 Å². The molecule has 0 unspecified atom stereocenters. The lowest BCUT2D eigenvalue weighted by atomic mass is 9.91. The molecule has 0 amide bonds. The molecule has 0 radical (unpaired) electrons. The van der Waals surface area contributed by atoms with E-state index in [0.29, 0.717) is 0 Å². The summed E-state index contributed by atoms with van der Waals surface area (Å²) in [6, 6.07) is 78.1. The zero-order chi connectivity index (χ0) is 38.9. The number of thiophene rings is 2. The first-order chi connectivity index (χ1) is 29.3. The fraction of sp³-hybridized carbons (Fsp3) is 0. The first kappa shape index (κ1) is 34.0. The molecule has 10 aromatic carbocycles. The zero-order valence-corrected chi connectivity index (χ0v) is 33.6. The molecule has 0 saturated carbocycles. The summed E-state index contributed by atoms with van der Waals surface area (Å²) in [5.74, 6) is 0. The molecular formula is C56H35NS2. The van der Waals surface area contributed by atoms with Crippen LogP contribution in [0.3, 0.4) is 0 Å². The second-order valence-electron chi connectivity index (χ2n) is 15.2. The fourth-order valence-corrected chi connectivity index (χ4v) is 11.6. The third kappa shape index (κ3) is 5.51. The molecule has 0 bridgehead atoms. The van der Waals surface area contributed by atoms with Gasteiger partial charge in [-0.2, -0.15) is 0 Å². The van der Waals surface area contributed by atoms with Gasteiger partial charge >= 0.3 is 0 Å². The van der Waals surface area contributed by atoms with Gasteiger partial charge < -0.3 is 4.90 Å². The molecule has 59 heavy (non-hydrogen) atoms. The van der Waals surface area contributed by atoms with Gasteiger partial charge in [0.1, 0.15) is 0 Å². The zero-order valence-electron chi connectivity index (χ0n) is 32.0. The van der Waals surface area contributed by atoms with Crippen molar-refractivity contribution in [3.05, 3.63) is 212 Å². The van der Waals surface area contributed by atoms with Crippen molar-refractivity contribution in [3.8, 4) is 33.4 Å². The Bertz CT molecular complexity index is 3560. The Labute approximate surface area is 350 Å². The molecule has 276 valence electrons. The Morgan fingerprint density at radius 2 is 0.864 bits per heavy atom.